The van der Waals surface area contributed by atoms with E-state index in [4.69, 9.17) is 5.11 Å². The van der Waals surface area contributed by atoms with Gasteiger partial charge < -0.3 is 15.4 Å². The number of aromatic nitrogens is 1. The molecule has 16 heavy (non-hydrogen) atoms. The number of hydrogen-bond donors (Lipinski definition) is 3. The third kappa shape index (κ3) is 1.43. The van der Waals surface area contributed by atoms with Crippen LogP contribution in [0.4, 0.5) is 0 Å². The zero-order chi connectivity index (χ0) is 12.1. The largest absolute Gasteiger partial charge is 0.506 e. The number of carbonyl (C=O) groups is 1. The van der Waals surface area contributed by atoms with Crippen LogP contribution in [0.1, 0.15) is 19.5 Å². The van der Waals surface area contributed by atoms with Crippen LogP contribution in [0.5, 0.6) is 5.75 Å². The molecule has 0 spiro atoms. The molecule has 3 N–H and O–H groups in total. The minimum atomic E-state index is -0.814. The molecule has 1 aliphatic rings. The Labute approximate surface area is 92.9 Å². The van der Waals surface area contributed by atoms with Crippen LogP contribution in [0.25, 0.3) is 0 Å². The van der Waals surface area contributed by atoms with E-state index in [9.17, 15) is 15.1 Å². The highest BCUT2D eigenvalue weighted by Gasteiger charge is 2.62. The van der Waals surface area contributed by atoms with Crippen molar-refractivity contribution in [1.29, 1.82) is 0 Å². The van der Waals surface area contributed by atoms with Gasteiger partial charge in [-0.25, -0.2) is 0 Å². The van der Waals surface area contributed by atoms with Crippen LogP contribution in [0.15, 0.2) is 12.3 Å². The molecule has 0 aromatic carbocycles. The van der Waals surface area contributed by atoms with Gasteiger partial charge in [-0.05, 0) is 17.8 Å². The van der Waals surface area contributed by atoms with E-state index in [0.29, 0.717) is 12.1 Å². The Morgan fingerprint density at radius 3 is 2.56 bits per heavy atom. The van der Waals surface area contributed by atoms with E-state index in [1.165, 1.54) is 12.3 Å². The number of aromatic hydroxyl groups is 1. The molecule has 1 aromatic heterocycles. The van der Waals surface area contributed by atoms with Crippen molar-refractivity contribution in [3.8, 4) is 5.75 Å². The van der Waals surface area contributed by atoms with Crippen LogP contribution in [0.2, 0.25) is 0 Å². The fourth-order valence-electron chi connectivity index (χ4n) is 2.47. The zero-order valence-electron chi connectivity index (χ0n) is 9.21. The minimum Gasteiger partial charge on any atom is -0.506 e. The van der Waals surface area contributed by atoms with Crippen molar-refractivity contribution in [3.63, 3.8) is 0 Å². The second kappa shape index (κ2) is 3.17. The number of hydrogen-bond acceptors (Lipinski definition) is 3. The first-order valence-electron chi connectivity index (χ1n) is 5.17. The Balaban J connectivity index is 2.16. The summed E-state index contributed by atoms with van der Waals surface area (Å²) in [6.07, 6.45) is 1.72. The van der Waals surface area contributed by atoms with Gasteiger partial charge in [0.2, 0.25) is 0 Å². The average Bonchev–Trinajstić information content (AvgIpc) is 2.57. The molecule has 1 fully saturated rings. The molecular weight excluding hydrogens is 210 g/mol. The Morgan fingerprint density at radius 1 is 1.56 bits per heavy atom. The fraction of sp³-hybridized carbons (Fsp3) is 0.545. The molecule has 0 amide bonds. The van der Waals surface area contributed by atoms with Gasteiger partial charge in [0, 0.05) is 12.3 Å². The Kier molecular flexibility index (Phi) is 2.15. The van der Waals surface area contributed by atoms with Crippen molar-refractivity contribution in [2.45, 2.75) is 20.3 Å². The third-order valence-corrected chi connectivity index (χ3v) is 3.68. The molecule has 0 aliphatic heterocycles. The van der Waals surface area contributed by atoms with E-state index >= 15 is 0 Å². The summed E-state index contributed by atoms with van der Waals surface area (Å²) >= 11 is 0. The van der Waals surface area contributed by atoms with Crippen molar-refractivity contribution in [2.75, 3.05) is 0 Å². The maximum Gasteiger partial charge on any atom is 0.307 e. The highest BCUT2D eigenvalue weighted by molar-refractivity contribution is 5.75. The van der Waals surface area contributed by atoms with Gasteiger partial charge in [0.25, 0.3) is 0 Å². The van der Waals surface area contributed by atoms with Gasteiger partial charge in [-0.1, -0.05) is 13.8 Å². The Hall–Kier alpha value is -1.65. The van der Waals surface area contributed by atoms with Crippen molar-refractivity contribution < 1.29 is 20.2 Å². The topological polar surface area (TPSA) is 82.7 Å². The molecule has 1 heterocycles. The van der Waals surface area contributed by atoms with Crippen LogP contribution >= 0.6 is 0 Å². The van der Waals surface area contributed by atoms with E-state index in [1.54, 1.807) is 0 Å². The molecule has 2 atom stereocenters. The lowest BCUT2D eigenvalue weighted by molar-refractivity contribution is -0.139. The van der Waals surface area contributed by atoms with Gasteiger partial charge in [-0.2, -0.15) is 4.73 Å². The molecular formula is C11H15NO4. The molecule has 5 heteroatoms. The van der Waals surface area contributed by atoms with E-state index in [-0.39, 0.29) is 17.1 Å². The van der Waals surface area contributed by atoms with Crippen LogP contribution in [0.3, 0.4) is 0 Å². The highest BCUT2D eigenvalue weighted by Crippen LogP contribution is 2.59. The van der Waals surface area contributed by atoms with Crippen LogP contribution in [-0.4, -0.2) is 26.1 Å². The number of nitrogens with zero attached hydrogens (tertiary/aromatic N) is 1. The molecule has 1 aromatic rings. The molecule has 5 nitrogen and oxygen atoms in total. The lowest BCUT2D eigenvalue weighted by Gasteiger charge is -2.04. The SMILES string of the molecule is CC1(C)C(Cc2c(O)ccn2O)C1C(=O)O. The summed E-state index contributed by atoms with van der Waals surface area (Å²) in [5.74, 6) is -1.25. The Morgan fingerprint density at radius 2 is 2.19 bits per heavy atom. The van der Waals surface area contributed by atoms with E-state index in [1.807, 2.05) is 13.8 Å². The highest BCUT2D eigenvalue weighted by atomic mass is 16.5. The predicted molar refractivity (Wildman–Crippen MR) is 55.4 cm³/mol. The van der Waals surface area contributed by atoms with Crippen LogP contribution < -0.4 is 0 Å². The number of aliphatic carboxylic acids is 1. The molecule has 2 rings (SSSR count). The van der Waals surface area contributed by atoms with Gasteiger partial charge >= 0.3 is 5.97 Å². The van der Waals surface area contributed by atoms with Crippen molar-refractivity contribution >= 4 is 5.97 Å². The van der Waals surface area contributed by atoms with Gasteiger partial charge in [0.1, 0.15) is 5.75 Å². The van der Waals surface area contributed by atoms with Gasteiger partial charge in [0.05, 0.1) is 11.6 Å². The summed E-state index contributed by atoms with van der Waals surface area (Å²) in [5, 5.41) is 27.9. The summed E-state index contributed by atoms with van der Waals surface area (Å²) in [4.78, 5) is 11.0. The second-order valence-electron chi connectivity index (χ2n) is 4.94. The summed E-state index contributed by atoms with van der Waals surface area (Å²) in [6, 6.07) is 1.39. The first-order chi connectivity index (χ1) is 7.35. The molecule has 0 radical (unpaired) electrons. The van der Waals surface area contributed by atoms with Crippen molar-refractivity contribution in [3.05, 3.63) is 18.0 Å². The molecule has 1 aliphatic carbocycles. The minimum absolute atomic E-state index is 0.00865. The Bertz CT molecular complexity index is 416. The van der Waals surface area contributed by atoms with E-state index in [2.05, 4.69) is 0 Å². The molecule has 88 valence electrons. The lowest BCUT2D eigenvalue weighted by Crippen LogP contribution is -2.04. The monoisotopic (exact) mass is 225 g/mol. The third-order valence-electron chi connectivity index (χ3n) is 3.68. The normalized spacial score (nSPS) is 26.6. The van der Waals surface area contributed by atoms with Gasteiger partial charge in [-0.15, -0.1) is 0 Å². The standard InChI is InChI=1S/C11H15NO4/c1-11(2)6(9(11)10(14)15)5-7-8(13)3-4-12(7)16/h3-4,6,9,13,16H,5H2,1-2H3,(H,14,15). The first kappa shape index (κ1) is 10.9. The maximum absolute atomic E-state index is 11.0. The average molecular weight is 225 g/mol. The number of carboxylic acid groups (broad SMARTS) is 1. The van der Waals surface area contributed by atoms with Gasteiger partial charge in [0.15, 0.2) is 0 Å². The van der Waals surface area contributed by atoms with Crippen LogP contribution in [0, 0.1) is 17.3 Å². The van der Waals surface area contributed by atoms with E-state index in [0.717, 1.165) is 4.73 Å². The molecule has 0 bridgehead atoms. The number of rotatable bonds is 3. The van der Waals surface area contributed by atoms with Crippen molar-refractivity contribution in [1.82, 2.24) is 4.73 Å². The summed E-state index contributed by atoms with van der Waals surface area (Å²) < 4.78 is 0.850. The van der Waals surface area contributed by atoms with Crippen LogP contribution in [-0.2, 0) is 11.2 Å². The lowest BCUT2D eigenvalue weighted by atomic mass is 10.1. The predicted octanol–water partition coefficient (Wildman–Crippen LogP) is 1.33. The molecule has 1 saturated carbocycles. The second-order valence-corrected chi connectivity index (χ2v) is 4.94. The first-order valence-corrected chi connectivity index (χ1v) is 5.17. The summed E-state index contributed by atoms with van der Waals surface area (Å²) in [5.41, 5.74) is 0.101. The maximum atomic E-state index is 11.0. The number of carboxylic acids is 1. The summed E-state index contributed by atoms with van der Waals surface area (Å²) in [6.45, 7) is 3.77. The van der Waals surface area contributed by atoms with Gasteiger partial charge in [-0.3, -0.25) is 4.79 Å². The quantitative estimate of drug-likeness (QED) is 0.678. The summed E-state index contributed by atoms with van der Waals surface area (Å²) in [7, 11) is 0. The molecule has 0 saturated heterocycles. The van der Waals surface area contributed by atoms with E-state index < -0.39 is 11.9 Å². The molecule has 2 unspecified atom stereocenters. The fourth-order valence-corrected chi connectivity index (χ4v) is 2.47. The van der Waals surface area contributed by atoms with Crippen molar-refractivity contribution in [2.24, 2.45) is 17.3 Å². The zero-order valence-corrected chi connectivity index (χ0v) is 9.21. The smallest absolute Gasteiger partial charge is 0.307 e.